The third-order valence-electron chi connectivity index (χ3n) is 6.54. The van der Waals surface area contributed by atoms with Crippen molar-refractivity contribution in [2.75, 3.05) is 39.9 Å². The number of likely N-dealkylation sites (N-methyl/N-ethyl adjacent to an activating group) is 1. The number of hydrogen-bond donors (Lipinski definition) is 0. The van der Waals surface area contributed by atoms with Gasteiger partial charge in [-0.1, -0.05) is 24.1 Å². The molecule has 3 heterocycles. The number of rotatable bonds is 1. The van der Waals surface area contributed by atoms with Gasteiger partial charge in [0, 0.05) is 11.5 Å². The SMILES string of the molecule is CC1(C#CC[N+]2(C)CCOCC2)CCC2C(O1)c1ccccc1OC2(C)C.[I-]. The molecule has 28 heavy (non-hydrogen) atoms. The molecule has 4 rings (SSSR count). The van der Waals surface area contributed by atoms with Crippen LogP contribution in [0.4, 0.5) is 0 Å². The summed E-state index contributed by atoms with van der Waals surface area (Å²) in [6, 6.07) is 8.30. The summed E-state index contributed by atoms with van der Waals surface area (Å²) in [6.07, 6.45) is 2.06. The first kappa shape index (κ1) is 21.9. The molecule has 0 radical (unpaired) electrons. The number of halogens is 1. The van der Waals surface area contributed by atoms with Crippen LogP contribution in [0.2, 0.25) is 0 Å². The van der Waals surface area contributed by atoms with E-state index in [0.29, 0.717) is 5.92 Å². The number of quaternary nitrogens is 1. The van der Waals surface area contributed by atoms with Crippen LogP contribution < -0.4 is 28.7 Å². The zero-order valence-electron chi connectivity index (χ0n) is 17.5. The maximum absolute atomic E-state index is 6.68. The van der Waals surface area contributed by atoms with Crippen molar-refractivity contribution in [2.45, 2.75) is 50.9 Å². The second-order valence-electron chi connectivity index (χ2n) is 9.30. The third kappa shape index (κ3) is 4.35. The van der Waals surface area contributed by atoms with Gasteiger partial charge in [-0.25, -0.2) is 0 Å². The van der Waals surface area contributed by atoms with Crippen molar-refractivity contribution >= 4 is 0 Å². The van der Waals surface area contributed by atoms with Gasteiger partial charge in [-0.3, -0.25) is 0 Å². The van der Waals surface area contributed by atoms with Gasteiger partial charge >= 0.3 is 0 Å². The molecule has 3 aliphatic rings. The Kier molecular flexibility index (Phi) is 6.36. The fourth-order valence-electron chi connectivity index (χ4n) is 4.61. The maximum Gasteiger partial charge on any atom is 0.140 e. The lowest BCUT2D eigenvalue weighted by molar-refractivity contribution is -0.910. The van der Waals surface area contributed by atoms with Gasteiger partial charge in [-0.15, -0.1) is 0 Å². The molecule has 3 unspecified atom stereocenters. The normalized spacial score (nSPS) is 32.4. The summed E-state index contributed by atoms with van der Waals surface area (Å²) >= 11 is 0. The summed E-state index contributed by atoms with van der Waals surface area (Å²) in [5.41, 5.74) is 0.551. The van der Waals surface area contributed by atoms with E-state index in [9.17, 15) is 0 Å². The number of nitrogens with zero attached hydrogens (tertiary/aromatic N) is 1. The Morgan fingerprint density at radius 2 is 1.86 bits per heavy atom. The van der Waals surface area contributed by atoms with E-state index >= 15 is 0 Å². The van der Waals surface area contributed by atoms with Crippen LogP contribution in [0.5, 0.6) is 5.75 Å². The Balaban J connectivity index is 0.00000225. The van der Waals surface area contributed by atoms with E-state index in [1.54, 1.807) is 0 Å². The molecule has 0 spiro atoms. The Bertz CT molecular complexity index is 763. The minimum atomic E-state index is -0.396. The Hall–Kier alpha value is -0.810. The van der Waals surface area contributed by atoms with Crippen LogP contribution >= 0.6 is 0 Å². The molecule has 2 fully saturated rings. The highest BCUT2D eigenvalue weighted by molar-refractivity contribution is 5.39. The maximum atomic E-state index is 6.68. The zero-order valence-corrected chi connectivity index (χ0v) is 19.6. The van der Waals surface area contributed by atoms with Crippen LogP contribution in [0.15, 0.2) is 24.3 Å². The molecule has 154 valence electrons. The van der Waals surface area contributed by atoms with Crippen molar-refractivity contribution in [3.8, 4) is 17.6 Å². The van der Waals surface area contributed by atoms with E-state index < -0.39 is 5.60 Å². The molecule has 0 N–H and O–H groups in total. The molecule has 3 atom stereocenters. The van der Waals surface area contributed by atoms with Crippen molar-refractivity contribution < 1.29 is 42.7 Å². The molecule has 0 saturated carbocycles. The zero-order chi connectivity index (χ0) is 19.1. The fraction of sp³-hybridized carbons (Fsp3) is 0.652. The Morgan fingerprint density at radius 3 is 2.61 bits per heavy atom. The molecule has 1 aromatic rings. The lowest BCUT2D eigenvalue weighted by Crippen LogP contribution is -3.00. The molecule has 5 heteroatoms. The van der Waals surface area contributed by atoms with Gasteiger partial charge in [-0.2, -0.15) is 0 Å². The average Bonchev–Trinajstić information content (AvgIpc) is 2.61. The van der Waals surface area contributed by atoms with Gasteiger partial charge < -0.3 is 42.7 Å². The first-order valence-electron chi connectivity index (χ1n) is 10.2. The molecule has 0 aliphatic carbocycles. The number of benzene rings is 1. The van der Waals surface area contributed by atoms with Crippen LogP contribution in [-0.4, -0.2) is 55.6 Å². The van der Waals surface area contributed by atoms with Gasteiger partial charge in [0.05, 0.1) is 26.4 Å². The van der Waals surface area contributed by atoms with E-state index in [1.165, 1.54) is 5.56 Å². The number of morpholine rings is 1. The fourth-order valence-corrected chi connectivity index (χ4v) is 4.61. The first-order chi connectivity index (χ1) is 12.8. The predicted octanol–water partition coefficient (Wildman–Crippen LogP) is 0.568. The van der Waals surface area contributed by atoms with E-state index in [4.69, 9.17) is 14.2 Å². The second kappa shape index (κ2) is 8.14. The molecule has 0 aromatic heterocycles. The van der Waals surface area contributed by atoms with Crippen LogP contribution in [0.1, 0.15) is 45.3 Å². The molecule has 3 aliphatic heterocycles. The van der Waals surface area contributed by atoms with E-state index in [-0.39, 0.29) is 35.7 Å². The summed E-state index contributed by atoms with van der Waals surface area (Å²) in [5, 5.41) is 0. The molecular weight excluding hydrogens is 465 g/mol. The van der Waals surface area contributed by atoms with E-state index in [2.05, 4.69) is 57.9 Å². The molecule has 4 nitrogen and oxygen atoms in total. The number of ether oxygens (including phenoxy) is 3. The van der Waals surface area contributed by atoms with Gasteiger partial charge in [-0.05, 0) is 45.6 Å². The molecule has 2 saturated heterocycles. The quantitative estimate of drug-likeness (QED) is 0.323. The van der Waals surface area contributed by atoms with Gasteiger partial charge in [0.15, 0.2) is 0 Å². The lowest BCUT2D eigenvalue weighted by atomic mass is 9.73. The first-order valence-corrected chi connectivity index (χ1v) is 10.2. The van der Waals surface area contributed by atoms with Gasteiger partial charge in [0.2, 0.25) is 0 Å². The minimum Gasteiger partial charge on any atom is -1.00 e. The van der Waals surface area contributed by atoms with Crippen molar-refractivity contribution in [1.82, 2.24) is 0 Å². The van der Waals surface area contributed by atoms with Crippen LogP contribution in [0.3, 0.4) is 0 Å². The highest BCUT2D eigenvalue weighted by Gasteiger charge is 2.50. The van der Waals surface area contributed by atoms with Crippen LogP contribution in [0, 0.1) is 17.8 Å². The number of para-hydroxylation sites is 1. The highest BCUT2D eigenvalue weighted by atomic mass is 127. The summed E-state index contributed by atoms with van der Waals surface area (Å²) in [6.45, 7) is 11.1. The molecule has 0 bridgehead atoms. The van der Waals surface area contributed by atoms with Gasteiger partial charge in [0.1, 0.15) is 36.6 Å². The standard InChI is InChI=1S/C23H32NO3.HI/c1-22(2)19-10-12-23(3,11-7-13-24(4)14-16-25-17-15-24)27-21(19)18-8-5-6-9-20(18)26-22;/h5-6,8-9,19,21H,10,12-17H2,1-4H3;1H/q+1;/p-1. The monoisotopic (exact) mass is 497 g/mol. The second-order valence-corrected chi connectivity index (χ2v) is 9.30. The number of hydrogen-bond acceptors (Lipinski definition) is 3. The molecule has 1 aromatic carbocycles. The van der Waals surface area contributed by atoms with Crippen molar-refractivity contribution in [3.63, 3.8) is 0 Å². The summed E-state index contributed by atoms with van der Waals surface area (Å²) < 4.78 is 19.4. The van der Waals surface area contributed by atoms with E-state index in [0.717, 1.165) is 55.9 Å². The average molecular weight is 497 g/mol. The van der Waals surface area contributed by atoms with Gasteiger partial charge in [0.25, 0.3) is 0 Å². The largest absolute Gasteiger partial charge is 1.00 e. The van der Waals surface area contributed by atoms with E-state index in [1.807, 2.05) is 6.07 Å². The summed E-state index contributed by atoms with van der Waals surface area (Å²) in [5.74, 6) is 8.25. The summed E-state index contributed by atoms with van der Waals surface area (Å²) in [7, 11) is 2.27. The topological polar surface area (TPSA) is 27.7 Å². The van der Waals surface area contributed by atoms with Crippen molar-refractivity contribution in [3.05, 3.63) is 29.8 Å². The van der Waals surface area contributed by atoms with Crippen molar-refractivity contribution in [2.24, 2.45) is 5.92 Å². The lowest BCUT2D eigenvalue weighted by Gasteiger charge is -2.50. The smallest absolute Gasteiger partial charge is 0.140 e. The predicted molar refractivity (Wildman–Crippen MR) is 105 cm³/mol. The highest BCUT2D eigenvalue weighted by Crippen LogP contribution is 2.52. The van der Waals surface area contributed by atoms with Crippen LogP contribution in [0.25, 0.3) is 0 Å². The van der Waals surface area contributed by atoms with Crippen LogP contribution in [-0.2, 0) is 9.47 Å². The summed E-state index contributed by atoms with van der Waals surface area (Å²) in [4.78, 5) is 0. The number of fused-ring (bicyclic) bond motifs is 3. The Labute approximate surface area is 186 Å². The van der Waals surface area contributed by atoms with Crippen molar-refractivity contribution in [1.29, 1.82) is 0 Å². The minimum absolute atomic E-state index is 0. The third-order valence-corrected chi connectivity index (χ3v) is 6.54. The molecular formula is C23H32INO3. The Morgan fingerprint density at radius 1 is 1.14 bits per heavy atom. The molecule has 0 amide bonds.